The van der Waals surface area contributed by atoms with Crippen molar-refractivity contribution in [3.63, 3.8) is 0 Å². The van der Waals surface area contributed by atoms with Crippen molar-refractivity contribution in [2.24, 2.45) is 0 Å². The fraction of sp³-hybridized carbons (Fsp3) is 0.385. The molecule has 0 bridgehead atoms. The fourth-order valence-electron chi connectivity index (χ4n) is 1.76. The number of carbonyl (C=O) groups excluding carboxylic acids is 1. The second-order valence-electron chi connectivity index (χ2n) is 4.62. The Morgan fingerprint density at radius 1 is 1.50 bits per heavy atom. The van der Waals surface area contributed by atoms with Crippen LogP contribution in [-0.4, -0.2) is 27.5 Å². The number of aliphatic hydroxyl groups excluding tert-OH is 1. The van der Waals surface area contributed by atoms with Gasteiger partial charge < -0.3 is 14.8 Å². The highest BCUT2D eigenvalue weighted by Crippen LogP contribution is 2.13. The summed E-state index contributed by atoms with van der Waals surface area (Å²) in [5.41, 5.74) is 0. The monoisotopic (exact) mass is 278 g/mol. The Labute approximate surface area is 116 Å². The van der Waals surface area contributed by atoms with Crippen LogP contribution in [0.25, 0.3) is 0 Å². The summed E-state index contributed by atoms with van der Waals surface area (Å²) in [7, 11) is 0. The van der Waals surface area contributed by atoms with E-state index in [1.807, 2.05) is 13.8 Å². The fourth-order valence-corrected chi connectivity index (χ4v) is 1.76. The molecule has 2 aromatic heterocycles. The van der Waals surface area contributed by atoms with Crippen LogP contribution in [0, 0.1) is 0 Å². The maximum atomic E-state index is 11.8. The lowest BCUT2D eigenvalue weighted by atomic mass is 10.3. The molecule has 0 radical (unpaired) electrons. The average Bonchev–Trinajstić information content (AvgIpc) is 3.06. The Bertz CT molecular complexity index is 548. The summed E-state index contributed by atoms with van der Waals surface area (Å²) in [6.45, 7) is 4.00. The van der Waals surface area contributed by atoms with Crippen LogP contribution in [0.2, 0.25) is 0 Å². The van der Waals surface area contributed by atoms with Gasteiger partial charge in [-0.15, -0.1) is 0 Å². The summed E-state index contributed by atoms with van der Waals surface area (Å²) in [5.74, 6) is 1.02. The van der Waals surface area contributed by atoms with E-state index < -0.39 is 12.1 Å². The van der Waals surface area contributed by atoms with E-state index in [9.17, 15) is 9.90 Å². The van der Waals surface area contributed by atoms with Crippen molar-refractivity contribution in [1.29, 1.82) is 0 Å². The molecule has 0 spiro atoms. The van der Waals surface area contributed by atoms with Crippen LogP contribution >= 0.6 is 0 Å². The Kier molecular flexibility index (Phi) is 4.41. The van der Waals surface area contributed by atoms with Crippen LogP contribution in [0.5, 0.6) is 0 Å². The first-order chi connectivity index (χ1) is 9.58. The predicted molar refractivity (Wildman–Crippen MR) is 73.3 cm³/mol. The SMILES string of the molecule is CC(C)n1nccc1NC(=O)NCC(O)c1ccco1. The number of hydrogen-bond acceptors (Lipinski definition) is 4. The van der Waals surface area contributed by atoms with Gasteiger partial charge in [0.05, 0.1) is 19.0 Å². The molecule has 1 unspecified atom stereocenters. The van der Waals surface area contributed by atoms with Crippen molar-refractivity contribution in [3.8, 4) is 0 Å². The van der Waals surface area contributed by atoms with E-state index in [4.69, 9.17) is 4.42 Å². The van der Waals surface area contributed by atoms with E-state index in [0.29, 0.717) is 11.6 Å². The summed E-state index contributed by atoms with van der Waals surface area (Å²) < 4.78 is 6.75. The first kappa shape index (κ1) is 14.1. The molecule has 108 valence electrons. The van der Waals surface area contributed by atoms with Gasteiger partial charge in [0.25, 0.3) is 0 Å². The highest BCUT2D eigenvalue weighted by Gasteiger charge is 2.13. The van der Waals surface area contributed by atoms with Gasteiger partial charge in [-0.25, -0.2) is 9.48 Å². The van der Waals surface area contributed by atoms with Gasteiger partial charge >= 0.3 is 6.03 Å². The van der Waals surface area contributed by atoms with Gasteiger partial charge in [0.2, 0.25) is 0 Å². The molecule has 7 heteroatoms. The molecule has 0 aromatic carbocycles. The van der Waals surface area contributed by atoms with Crippen LogP contribution in [0.4, 0.5) is 10.6 Å². The lowest BCUT2D eigenvalue weighted by molar-refractivity contribution is 0.149. The molecule has 0 saturated heterocycles. The standard InChI is InChI=1S/C13H18N4O3/c1-9(2)17-12(5-6-15-17)16-13(19)14-8-10(18)11-4-3-7-20-11/h3-7,9-10,18H,8H2,1-2H3,(H2,14,16,19). The third kappa shape index (κ3) is 3.39. The number of urea groups is 1. The van der Waals surface area contributed by atoms with Crippen molar-refractivity contribution in [2.75, 3.05) is 11.9 Å². The third-order valence-electron chi connectivity index (χ3n) is 2.73. The molecular formula is C13H18N4O3. The van der Waals surface area contributed by atoms with E-state index in [1.54, 1.807) is 29.1 Å². The minimum atomic E-state index is -0.870. The zero-order valence-electron chi connectivity index (χ0n) is 11.4. The lowest BCUT2D eigenvalue weighted by Crippen LogP contribution is -2.33. The number of nitrogens with zero attached hydrogens (tertiary/aromatic N) is 2. The lowest BCUT2D eigenvalue weighted by Gasteiger charge is -2.13. The maximum Gasteiger partial charge on any atom is 0.320 e. The minimum Gasteiger partial charge on any atom is -0.467 e. The molecule has 0 aliphatic heterocycles. The topological polar surface area (TPSA) is 92.3 Å². The van der Waals surface area contributed by atoms with Gasteiger partial charge in [-0.3, -0.25) is 5.32 Å². The first-order valence-electron chi connectivity index (χ1n) is 6.37. The second-order valence-corrected chi connectivity index (χ2v) is 4.62. The molecular weight excluding hydrogens is 260 g/mol. The van der Waals surface area contributed by atoms with E-state index in [-0.39, 0.29) is 12.6 Å². The van der Waals surface area contributed by atoms with Crippen molar-refractivity contribution >= 4 is 11.8 Å². The maximum absolute atomic E-state index is 11.8. The molecule has 20 heavy (non-hydrogen) atoms. The summed E-state index contributed by atoms with van der Waals surface area (Å²) in [5, 5.41) is 19.1. The van der Waals surface area contributed by atoms with Crippen LogP contribution in [0.1, 0.15) is 31.8 Å². The van der Waals surface area contributed by atoms with E-state index in [1.165, 1.54) is 6.26 Å². The van der Waals surface area contributed by atoms with Gasteiger partial charge in [-0.05, 0) is 26.0 Å². The van der Waals surface area contributed by atoms with Gasteiger partial charge in [0, 0.05) is 12.1 Å². The molecule has 3 N–H and O–H groups in total. The molecule has 7 nitrogen and oxygen atoms in total. The quantitative estimate of drug-likeness (QED) is 0.779. The third-order valence-corrected chi connectivity index (χ3v) is 2.73. The van der Waals surface area contributed by atoms with Crippen molar-refractivity contribution in [3.05, 3.63) is 36.4 Å². The largest absolute Gasteiger partial charge is 0.467 e. The van der Waals surface area contributed by atoms with E-state index in [0.717, 1.165) is 0 Å². The van der Waals surface area contributed by atoms with Crippen LogP contribution in [-0.2, 0) is 0 Å². The highest BCUT2D eigenvalue weighted by atomic mass is 16.4. The summed E-state index contributed by atoms with van der Waals surface area (Å²) >= 11 is 0. The molecule has 1 atom stereocenters. The first-order valence-corrected chi connectivity index (χ1v) is 6.37. The van der Waals surface area contributed by atoms with Crippen LogP contribution in [0.15, 0.2) is 35.1 Å². The van der Waals surface area contributed by atoms with Gasteiger partial charge in [-0.2, -0.15) is 5.10 Å². The molecule has 2 aromatic rings. The molecule has 0 aliphatic rings. The Morgan fingerprint density at radius 2 is 2.30 bits per heavy atom. The summed E-state index contributed by atoms with van der Waals surface area (Å²) in [6.07, 6.45) is 2.22. The van der Waals surface area contributed by atoms with Gasteiger partial charge in [-0.1, -0.05) is 0 Å². The number of aromatic nitrogens is 2. The zero-order valence-corrected chi connectivity index (χ0v) is 11.4. The Hall–Kier alpha value is -2.28. The minimum absolute atomic E-state index is 0.0646. The van der Waals surface area contributed by atoms with Crippen molar-refractivity contribution < 1.29 is 14.3 Å². The van der Waals surface area contributed by atoms with E-state index in [2.05, 4.69) is 15.7 Å². The number of rotatable bonds is 5. The van der Waals surface area contributed by atoms with Crippen LogP contribution in [0.3, 0.4) is 0 Å². The summed E-state index contributed by atoms with van der Waals surface area (Å²) in [4.78, 5) is 11.8. The Balaban J connectivity index is 1.85. The number of anilines is 1. The smallest absolute Gasteiger partial charge is 0.320 e. The highest BCUT2D eigenvalue weighted by molar-refractivity contribution is 5.88. The number of carbonyl (C=O) groups is 1. The Morgan fingerprint density at radius 3 is 2.95 bits per heavy atom. The predicted octanol–water partition coefficient (Wildman–Crippen LogP) is 1.91. The number of hydrogen-bond donors (Lipinski definition) is 3. The molecule has 0 aliphatic carbocycles. The molecule has 2 rings (SSSR count). The second kappa shape index (κ2) is 6.25. The van der Waals surface area contributed by atoms with Crippen molar-refractivity contribution in [2.45, 2.75) is 26.0 Å². The normalized spacial score (nSPS) is 12.4. The van der Waals surface area contributed by atoms with Crippen molar-refractivity contribution in [1.82, 2.24) is 15.1 Å². The molecule has 2 amide bonds. The summed E-state index contributed by atoms with van der Waals surface area (Å²) in [6, 6.07) is 4.78. The molecule has 2 heterocycles. The zero-order chi connectivity index (χ0) is 14.5. The van der Waals surface area contributed by atoms with E-state index >= 15 is 0 Å². The van der Waals surface area contributed by atoms with Gasteiger partial charge in [0.1, 0.15) is 17.7 Å². The number of nitrogens with one attached hydrogen (secondary N) is 2. The number of amides is 2. The number of furan rings is 1. The molecule has 0 saturated carbocycles. The number of aliphatic hydroxyl groups is 1. The average molecular weight is 278 g/mol. The van der Waals surface area contributed by atoms with Crippen LogP contribution < -0.4 is 10.6 Å². The molecule has 0 fully saturated rings. The van der Waals surface area contributed by atoms with Gasteiger partial charge in [0.15, 0.2) is 0 Å².